The first-order valence-electron chi connectivity index (χ1n) is 7.69. The van der Waals surface area contributed by atoms with Crippen LogP contribution in [-0.2, 0) is 29.6 Å². The quantitative estimate of drug-likeness (QED) is 0.798. The fraction of sp³-hybridized carbons (Fsp3) is 0.294. The van der Waals surface area contributed by atoms with Gasteiger partial charge in [0.05, 0.1) is 18.4 Å². The molecular weight excluding hydrogens is 306 g/mol. The van der Waals surface area contributed by atoms with Gasteiger partial charge in [-0.25, -0.2) is 0 Å². The van der Waals surface area contributed by atoms with Crippen LogP contribution in [0.5, 0.6) is 0 Å². The van der Waals surface area contributed by atoms with Crippen LogP contribution in [0, 0.1) is 0 Å². The number of amides is 2. The molecule has 0 saturated heterocycles. The van der Waals surface area contributed by atoms with Crippen molar-refractivity contribution in [2.24, 2.45) is 7.05 Å². The molecule has 0 atom stereocenters. The van der Waals surface area contributed by atoms with Crippen LogP contribution < -0.4 is 9.80 Å². The topological polar surface area (TPSA) is 71.3 Å². The summed E-state index contributed by atoms with van der Waals surface area (Å²) in [5.41, 5.74) is 3.56. The van der Waals surface area contributed by atoms with Crippen LogP contribution in [0.1, 0.15) is 18.2 Å². The summed E-state index contributed by atoms with van der Waals surface area (Å²) in [5.74, 6) is -0.168. The lowest BCUT2D eigenvalue weighted by molar-refractivity contribution is -0.116. The number of anilines is 2. The van der Waals surface area contributed by atoms with Gasteiger partial charge in [0.15, 0.2) is 0 Å². The lowest BCUT2D eigenvalue weighted by atomic mass is 10.1. The summed E-state index contributed by atoms with van der Waals surface area (Å²) in [5, 5.41) is 7.74. The zero-order valence-electron chi connectivity index (χ0n) is 13.8. The third-order valence-electron chi connectivity index (χ3n) is 4.22. The molecule has 124 valence electrons. The lowest BCUT2D eigenvalue weighted by Crippen LogP contribution is -2.29. The van der Waals surface area contributed by atoms with Crippen molar-refractivity contribution in [1.82, 2.24) is 15.0 Å². The number of fused-ring (bicyclic) bond motifs is 1. The van der Waals surface area contributed by atoms with Gasteiger partial charge in [-0.1, -0.05) is 11.8 Å². The number of nitrogens with zero attached hydrogens (tertiary/aromatic N) is 5. The largest absolute Gasteiger partial charge is 0.312 e. The highest BCUT2D eigenvalue weighted by molar-refractivity contribution is 6.01. The van der Waals surface area contributed by atoms with Gasteiger partial charge < -0.3 is 9.80 Å². The SMILES string of the molecule is C=CC(=O)N(Cc1cnnn1C)c1ccc2c(c1)CCN2C(C)=O. The van der Waals surface area contributed by atoms with Crippen LogP contribution in [-0.4, -0.2) is 33.4 Å². The zero-order valence-corrected chi connectivity index (χ0v) is 13.8. The van der Waals surface area contributed by atoms with Gasteiger partial charge in [-0.3, -0.25) is 14.3 Å². The van der Waals surface area contributed by atoms with Crippen LogP contribution in [0.2, 0.25) is 0 Å². The molecule has 0 aliphatic carbocycles. The molecule has 2 aromatic rings. The molecule has 0 spiro atoms. The molecule has 1 aliphatic heterocycles. The van der Waals surface area contributed by atoms with E-state index in [0.29, 0.717) is 13.1 Å². The van der Waals surface area contributed by atoms with E-state index in [4.69, 9.17) is 0 Å². The van der Waals surface area contributed by atoms with Crippen molar-refractivity contribution in [2.45, 2.75) is 19.9 Å². The Hall–Kier alpha value is -2.96. The Kier molecular flexibility index (Phi) is 4.16. The second kappa shape index (κ2) is 6.27. The van der Waals surface area contributed by atoms with E-state index in [1.54, 1.807) is 34.6 Å². The van der Waals surface area contributed by atoms with E-state index in [-0.39, 0.29) is 11.8 Å². The predicted octanol–water partition coefficient (Wildman–Crippen LogP) is 1.44. The van der Waals surface area contributed by atoms with Crippen molar-refractivity contribution in [3.63, 3.8) is 0 Å². The van der Waals surface area contributed by atoms with Crippen LogP contribution >= 0.6 is 0 Å². The Balaban J connectivity index is 1.94. The summed E-state index contributed by atoms with van der Waals surface area (Å²) in [4.78, 5) is 27.4. The van der Waals surface area contributed by atoms with E-state index in [0.717, 1.165) is 29.1 Å². The molecule has 0 fully saturated rings. The van der Waals surface area contributed by atoms with Crippen LogP contribution in [0.25, 0.3) is 0 Å². The summed E-state index contributed by atoms with van der Waals surface area (Å²) in [6, 6.07) is 5.71. The third kappa shape index (κ3) is 2.80. The van der Waals surface area contributed by atoms with Gasteiger partial charge in [-0.2, -0.15) is 0 Å². The van der Waals surface area contributed by atoms with Gasteiger partial charge in [0, 0.05) is 31.9 Å². The number of benzene rings is 1. The molecule has 0 N–H and O–H groups in total. The molecule has 7 heteroatoms. The second-order valence-electron chi connectivity index (χ2n) is 5.71. The lowest BCUT2D eigenvalue weighted by Gasteiger charge is -2.22. The second-order valence-corrected chi connectivity index (χ2v) is 5.71. The highest BCUT2D eigenvalue weighted by atomic mass is 16.2. The van der Waals surface area contributed by atoms with Crippen LogP contribution in [0.4, 0.5) is 11.4 Å². The molecule has 1 aliphatic rings. The standard InChI is InChI=1S/C17H19N5O2/c1-4-17(24)22(11-15-10-18-19-20(15)3)14-5-6-16-13(9-14)7-8-21(16)12(2)23/h4-6,9-10H,1,7-8,11H2,2-3H3. The van der Waals surface area contributed by atoms with E-state index in [1.165, 1.54) is 6.08 Å². The first kappa shape index (κ1) is 15.9. The van der Waals surface area contributed by atoms with E-state index >= 15 is 0 Å². The molecule has 1 aromatic carbocycles. The monoisotopic (exact) mass is 325 g/mol. The Morgan fingerprint density at radius 3 is 2.83 bits per heavy atom. The molecule has 0 radical (unpaired) electrons. The minimum Gasteiger partial charge on any atom is -0.312 e. The molecule has 2 heterocycles. The summed E-state index contributed by atoms with van der Waals surface area (Å²) in [7, 11) is 1.78. The van der Waals surface area contributed by atoms with Crippen molar-refractivity contribution in [2.75, 3.05) is 16.3 Å². The maximum atomic E-state index is 12.3. The minimum absolute atomic E-state index is 0.0292. The Morgan fingerprint density at radius 2 is 2.21 bits per heavy atom. The minimum atomic E-state index is -0.197. The molecule has 3 rings (SSSR count). The van der Waals surface area contributed by atoms with Crippen molar-refractivity contribution in [3.05, 3.63) is 48.3 Å². The predicted molar refractivity (Wildman–Crippen MR) is 90.6 cm³/mol. The number of aromatic nitrogens is 3. The Labute approximate surface area is 140 Å². The van der Waals surface area contributed by atoms with E-state index in [2.05, 4.69) is 16.9 Å². The van der Waals surface area contributed by atoms with E-state index in [9.17, 15) is 9.59 Å². The first-order chi connectivity index (χ1) is 11.5. The van der Waals surface area contributed by atoms with Crippen LogP contribution in [0.15, 0.2) is 37.1 Å². The molecule has 1 aromatic heterocycles. The maximum absolute atomic E-state index is 12.3. The highest BCUT2D eigenvalue weighted by Gasteiger charge is 2.24. The van der Waals surface area contributed by atoms with Gasteiger partial charge in [-0.15, -0.1) is 5.10 Å². The van der Waals surface area contributed by atoms with Crippen molar-refractivity contribution >= 4 is 23.2 Å². The number of aryl methyl sites for hydroxylation is 1. The third-order valence-corrected chi connectivity index (χ3v) is 4.22. The Bertz CT molecular complexity index is 811. The maximum Gasteiger partial charge on any atom is 0.250 e. The smallest absolute Gasteiger partial charge is 0.250 e. The molecule has 2 amide bonds. The summed E-state index contributed by atoms with van der Waals surface area (Å²) in [6.07, 6.45) is 3.71. The fourth-order valence-corrected chi connectivity index (χ4v) is 2.91. The number of carbonyl (C=O) groups is 2. The number of rotatable bonds is 4. The van der Waals surface area contributed by atoms with Gasteiger partial charge in [0.25, 0.3) is 5.91 Å². The molecule has 0 bridgehead atoms. The number of hydrogen-bond donors (Lipinski definition) is 0. The highest BCUT2D eigenvalue weighted by Crippen LogP contribution is 2.32. The van der Waals surface area contributed by atoms with Crippen molar-refractivity contribution < 1.29 is 9.59 Å². The molecule has 24 heavy (non-hydrogen) atoms. The number of hydrogen-bond acceptors (Lipinski definition) is 4. The molecule has 7 nitrogen and oxygen atoms in total. The van der Waals surface area contributed by atoms with Gasteiger partial charge in [0.2, 0.25) is 5.91 Å². The first-order valence-corrected chi connectivity index (χ1v) is 7.69. The number of carbonyl (C=O) groups excluding carboxylic acids is 2. The average molecular weight is 325 g/mol. The van der Waals surface area contributed by atoms with Crippen molar-refractivity contribution in [1.29, 1.82) is 0 Å². The van der Waals surface area contributed by atoms with Gasteiger partial charge >= 0.3 is 0 Å². The molecule has 0 saturated carbocycles. The van der Waals surface area contributed by atoms with E-state index in [1.807, 2.05) is 18.2 Å². The molecular formula is C17H19N5O2. The van der Waals surface area contributed by atoms with Crippen molar-refractivity contribution in [3.8, 4) is 0 Å². The van der Waals surface area contributed by atoms with Gasteiger partial charge in [-0.05, 0) is 36.3 Å². The summed E-state index contributed by atoms with van der Waals surface area (Å²) >= 11 is 0. The molecule has 0 unspecified atom stereocenters. The average Bonchev–Trinajstić information content (AvgIpc) is 3.17. The van der Waals surface area contributed by atoms with Gasteiger partial charge in [0.1, 0.15) is 0 Å². The zero-order chi connectivity index (χ0) is 17.3. The Morgan fingerprint density at radius 1 is 1.42 bits per heavy atom. The normalized spacial score (nSPS) is 12.8. The summed E-state index contributed by atoms with van der Waals surface area (Å²) < 4.78 is 1.63. The fourth-order valence-electron chi connectivity index (χ4n) is 2.91. The van der Waals surface area contributed by atoms with E-state index < -0.39 is 0 Å². The summed E-state index contributed by atoms with van der Waals surface area (Å²) in [6.45, 7) is 6.17. The van der Waals surface area contributed by atoms with Crippen LogP contribution in [0.3, 0.4) is 0 Å².